The molecule has 0 radical (unpaired) electrons. The van der Waals surface area contributed by atoms with Crippen molar-refractivity contribution >= 4 is 15.9 Å². The lowest BCUT2D eigenvalue weighted by molar-refractivity contribution is 0.104. The summed E-state index contributed by atoms with van der Waals surface area (Å²) in [4.78, 5) is 0. The third-order valence-corrected chi connectivity index (χ3v) is 2.92. The summed E-state index contributed by atoms with van der Waals surface area (Å²) in [5.74, 6) is 0.705. The maximum atomic E-state index is 10.0. The van der Waals surface area contributed by atoms with Gasteiger partial charge in [-0.1, -0.05) is 15.9 Å². The molecule has 15 heavy (non-hydrogen) atoms. The van der Waals surface area contributed by atoms with Crippen molar-refractivity contribution in [2.45, 2.75) is 25.5 Å². The van der Waals surface area contributed by atoms with E-state index in [1.165, 1.54) is 0 Å². The number of rotatable bonds is 3. The molecule has 0 aliphatic heterocycles. The van der Waals surface area contributed by atoms with Gasteiger partial charge in [0.15, 0.2) is 0 Å². The van der Waals surface area contributed by atoms with Crippen molar-refractivity contribution in [2.24, 2.45) is 5.73 Å². The molecule has 0 fully saturated rings. The van der Waals surface area contributed by atoms with Crippen LogP contribution in [0.1, 0.15) is 25.5 Å². The van der Waals surface area contributed by atoms with Crippen molar-refractivity contribution in [3.63, 3.8) is 0 Å². The maximum absolute atomic E-state index is 10.0. The predicted octanol–water partition coefficient (Wildman–Crippen LogP) is 2.23. The normalized spacial score (nSPS) is 13.7. The van der Waals surface area contributed by atoms with E-state index in [4.69, 9.17) is 10.5 Å². The molecule has 3 nitrogen and oxygen atoms in total. The quantitative estimate of drug-likeness (QED) is 0.888. The van der Waals surface area contributed by atoms with Gasteiger partial charge in [-0.25, -0.2) is 0 Å². The van der Waals surface area contributed by atoms with Gasteiger partial charge >= 0.3 is 0 Å². The van der Waals surface area contributed by atoms with Crippen LogP contribution >= 0.6 is 15.9 Å². The second kappa shape index (κ2) is 4.51. The number of aliphatic hydroxyl groups excluding tert-OH is 1. The number of ether oxygens (including phenoxy) is 1. The Labute approximate surface area is 98.4 Å². The minimum absolute atomic E-state index is 0.686. The summed E-state index contributed by atoms with van der Waals surface area (Å²) in [7, 11) is 1.59. The van der Waals surface area contributed by atoms with Gasteiger partial charge in [0.2, 0.25) is 0 Å². The average Bonchev–Trinajstić information content (AvgIpc) is 2.16. The van der Waals surface area contributed by atoms with E-state index in [-0.39, 0.29) is 0 Å². The standard InChI is InChI=1S/C11H16BrNO2/c1-11(2,13)10(14)8-6-7(15-3)4-5-9(8)12/h4-6,10,14H,13H2,1-3H3. The molecule has 1 rings (SSSR count). The van der Waals surface area contributed by atoms with Gasteiger partial charge in [0.05, 0.1) is 13.2 Å². The summed E-state index contributed by atoms with van der Waals surface area (Å²) in [6, 6.07) is 5.44. The Kier molecular flexibility index (Phi) is 3.76. The van der Waals surface area contributed by atoms with Crippen LogP contribution in [0, 0.1) is 0 Å². The summed E-state index contributed by atoms with van der Waals surface area (Å²) in [6.07, 6.45) is -0.734. The second-order valence-corrected chi connectivity index (χ2v) is 4.97. The highest BCUT2D eigenvalue weighted by molar-refractivity contribution is 9.10. The van der Waals surface area contributed by atoms with E-state index >= 15 is 0 Å². The van der Waals surface area contributed by atoms with Gasteiger partial charge < -0.3 is 15.6 Å². The Balaban J connectivity index is 3.12. The number of halogens is 1. The van der Waals surface area contributed by atoms with Crippen LogP contribution in [0.25, 0.3) is 0 Å². The fraction of sp³-hybridized carbons (Fsp3) is 0.455. The fourth-order valence-electron chi connectivity index (χ4n) is 1.26. The molecule has 0 aromatic heterocycles. The van der Waals surface area contributed by atoms with Crippen LogP contribution in [0.4, 0.5) is 0 Å². The zero-order valence-electron chi connectivity index (χ0n) is 9.12. The van der Waals surface area contributed by atoms with Crippen LogP contribution in [0.2, 0.25) is 0 Å². The summed E-state index contributed by atoms with van der Waals surface area (Å²) in [6.45, 7) is 3.56. The molecule has 0 aliphatic rings. The van der Waals surface area contributed by atoms with Gasteiger partial charge in [-0.2, -0.15) is 0 Å². The molecule has 1 atom stereocenters. The molecule has 3 N–H and O–H groups in total. The first-order valence-corrected chi connectivity index (χ1v) is 5.46. The van der Waals surface area contributed by atoms with Crippen LogP contribution < -0.4 is 10.5 Å². The van der Waals surface area contributed by atoms with Gasteiger partial charge in [0.1, 0.15) is 5.75 Å². The van der Waals surface area contributed by atoms with Crippen LogP contribution in [0.3, 0.4) is 0 Å². The first-order chi connectivity index (χ1) is 6.86. The summed E-state index contributed by atoms with van der Waals surface area (Å²) in [5, 5.41) is 10.0. The zero-order valence-corrected chi connectivity index (χ0v) is 10.7. The lowest BCUT2D eigenvalue weighted by atomic mass is 9.92. The minimum atomic E-state index is -0.734. The molecule has 84 valence electrons. The van der Waals surface area contributed by atoms with E-state index in [1.54, 1.807) is 27.0 Å². The smallest absolute Gasteiger partial charge is 0.119 e. The molecule has 0 amide bonds. The zero-order chi connectivity index (χ0) is 11.6. The highest BCUT2D eigenvalue weighted by Gasteiger charge is 2.26. The lowest BCUT2D eigenvalue weighted by Gasteiger charge is -2.27. The number of aliphatic hydroxyl groups is 1. The van der Waals surface area contributed by atoms with Crippen LogP contribution in [0.5, 0.6) is 5.75 Å². The van der Waals surface area contributed by atoms with E-state index in [2.05, 4.69) is 15.9 Å². The molecule has 0 spiro atoms. The van der Waals surface area contributed by atoms with E-state index in [0.717, 1.165) is 10.0 Å². The van der Waals surface area contributed by atoms with Crippen molar-refractivity contribution in [1.29, 1.82) is 0 Å². The van der Waals surface area contributed by atoms with Gasteiger partial charge in [0, 0.05) is 15.6 Å². The highest BCUT2D eigenvalue weighted by atomic mass is 79.9. The molecule has 0 bridgehead atoms. The third-order valence-electron chi connectivity index (χ3n) is 2.20. The van der Waals surface area contributed by atoms with E-state index in [0.29, 0.717) is 5.75 Å². The Bertz CT molecular complexity index is 347. The Morgan fingerprint density at radius 2 is 2.07 bits per heavy atom. The third kappa shape index (κ3) is 2.93. The van der Waals surface area contributed by atoms with Gasteiger partial charge in [-0.15, -0.1) is 0 Å². The van der Waals surface area contributed by atoms with Crippen molar-refractivity contribution in [1.82, 2.24) is 0 Å². The second-order valence-electron chi connectivity index (χ2n) is 4.11. The maximum Gasteiger partial charge on any atom is 0.119 e. The summed E-state index contributed by atoms with van der Waals surface area (Å²) in [5.41, 5.74) is 5.91. The molecule has 0 saturated carbocycles. The molecular weight excluding hydrogens is 258 g/mol. The molecule has 0 heterocycles. The van der Waals surface area contributed by atoms with Crippen LogP contribution in [0.15, 0.2) is 22.7 Å². The molecule has 1 aromatic rings. The van der Waals surface area contributed by atoms with Crippen LogP contribution in [-0.4, -0.2) is 17.8 Å². The molecule has 1 aromatic carbocycles. The molecule has 1 unspecified atom stereocenters. The average molecular weight is 274 g/mol. The first kappa shape index (κ1) is 12.5. The number of nitrogens with two attached hydrogens (primary N) is 1. The number of methoxy groups -OCH3 is 1. The van der Waals surface area contributed by atoms with Crippen molar-refractivity contribution in [3.05, 3.63) is 28.2 Å². The number of hydrogen-bond donors (Lipinski definition) is 2. The molecule has 0 aliphatic carbocycles. The Morgan fingerprint density at radius 1 is 1.47 bits per heavy atom. The number of benzene rings is 1. The van der Waals surface area contributed by atoms with Gasteiger partial charge in [-0.05, 0) is 32.0 Å². The molecule has 4 heteroatoms. The minimum Gasteiger partial charge on any atom is -0.497 e. The predicted molar refractivity (Wildman–Crippen MR) is 63.9 cm³/mol. The van der Waals surface area contributed by atoms with E-state index < -0.39 is 11.6 Å². The Hall–Kier alpha value is -0.580. The molecule has 0 saturated heterocycles. The fourth-order valence-corrected chi connectivity index (χ4v) is 1.72. The number of hydrogen-bond acceptors (Lipinski definition) is 3. The summed E-state index contributed by atoms with van der Waals surface area (Å²) < 4.78 is 5.93. The molecular formula is C11H16BrNO2. The summed E-state index contributed by atoms with van der Waals surface area (Å²) >= 11 is 3.38. The van der Waals surface area contributed by atoms with E-state index in [9.17, 15) is 5.11 Å². The van der Waals surface area contributed by atoms with Crippen molar-refractivity contribution < 1.29 is 9.84 Å². The monoisotopic (exact) mass is 273 g/mol. The topological polar surface area (TPSA) is 55.5 Å². The SMILES string of the molecule is COc1ccc(Br)c(C(O)C(C)(C)N)c1. The highest BCUT2D eigenvalue weighted by Crippen LogP contribution is 2.32. The van der Waals surface area contributed by atoms with Crippen molar-refractivity contribution in [3.8, 4) is 5.75 Å². The largest absolute Gasteiger partial charge is 0.497 e. The lowest BCUT2D eigenvalue weighted by Crippen LogP contribution is -2.39. The van der Waals surface area contributed by atoms with E-state index in [1.807, 2.05) is 12.1 Å². The van der Waals surface area contributed by atoms with Crippen molar-refractivity contribution in [2.75, 3.05) is 7.11 Å². The first-order valence-electron chi connectivity index (χ1n) is 4.66. The van der Waals surface area contributed by atoms with Gasteiger partial charge in [-0.3, -0.25) is 0 Å². The van der Waals surface area contributed by atoms with Crippen LogP contribution in [-0.2, 0) is 0 Å². The Morgan fingerprint density at radius 3 is 2.53 bits per heavy atom. The van der Waals surface area contributed by atoms with Gasteiger partial charge in [0.25, 0.3) is 0 Å².